The van der Waals surface area contributed by atoms with Gasteiger partial charge in [0.25, 0.3) is 0 Å². The summed E-state index contributed by atoms with van der Waals surface area (Å²) in [6, 6.07) is 0. The fraction of sp³-hybridized carbons (Fsp3) is 0.941. The van der Waals surface area contributed by atoms with Gasteiger partial charge in [-0.2, -0.15) is 0 Å². The van der Waals surface area contributed by atoms with Crippen LogP contribution in [0.25, 0.3) is 0 Å². The molecule has 0 aliphatic carbocycles. The predicted molar refractivity (Wildman–Crippen MR) is 87.5 cm³/mol. The largest absolute Gasteiger partial charge is 0.468 e. The van der Waals surface area contributed by atoms with E-state index >= 15 is 0 Å². The van der Waals surface area contributed by atoms with Crippen LogP contribution in [0.3, 0.4) is 0 Å². The summed E-state index contributed by atoms with van der Waals surface area (Å²) in [4.78, 5) is 11.7. The van der Waals surface area contributed by atoms with Crippen LogP contribution < -0.4 is 5.32 Å². The molecule has 2 unspecified atom stereocenters. The van der Waals surface area contributed by atoms with Crippen molar-refractivity contribution in [2.45, 2.75) is 71.3 Å². The van der Waals surface area contributed by atoms with Gasteiger partial charge in [-0.1, -0.05) is 33.1 Å². The molecule has 21 heavy (non-hydrogen) atoms. The maximum Gasteiger partial charge on any atom is 0.325 e. The van der Waals surface area contributed by atoms with Crippen LogP contribution in [0.1, 0.15) is 65.7 Å². The van der Waals surface area contributed by atoms with Gasteiger partial charge in [0.1, 0.15) is 5.54 Å². The van der Waals surface area contributed by atoms with Crippen molar-refractivity contribution >= 4 is 5.97 Å². The molecule has 0 bridgehead atoms. The molecule has 0 rings (SSSR count). The average molecular weight is 301 g/mol. The first kappa shape index (κ1) is 20.4. The van der Waals surface area contributed by atoms with Gasteiger partial charge in [0, 0.05) is 13.2 Å². The number of hydrogen-bond donors (Lipinski definition) is 1. The third-order valence-electron chi connectivity index (χ3n) is 4.30. The summed E-state index contributed by atoms with van der Waals surface area (Å²) in [6.07, 6.45) is 7.73. The van der Waals surface area contributed by atoms with Crippen LogP contribution in [0.2, 0.25) is 0 Å². The van der Waals surface area contributed by atoms with Gasteiger partial charge in [-0.05, 0) is 45.6 Å². The van der Waals surface area contributed by atoms with Crippen LogP contribution in [0.5, 0.6) is 0 Å². The fourth-order valence-corrected chi connectivity index (χ4v) is 2.39. The van der Waals surface area contributed by atoms with E-state index in [1.807, 2.05) is 6.92 Å². The molecule has 0 fully saturated rings. The molecule has 0 saturated carbocycles. The van der Waals surface area contributed by atoms with E-state index in [2.05, 4.69) is 19.2 Å². The van der Waals surface area contributed by atoms with Crippen molar-refractivity contribution in [1.82, 2.24) is 5.32 Å². The Morgan fingerprint density at radius 3 is 2.48 bits per heavy atom. The first-order chi connectivity index (χ1) is 10.0. The molecular formula is C17H35NO3. The quantitative estimate of drug-likeness (QED) is 0.417. The van der Waals surface area contributed by atoms with Gasteiger partial charge in [-0.15, -0.1) is 0 Å². The smallest absolute Gasteiger partial charge is 0.325 e. The molecule has 0 amide bonds. The van der Waals surface area contributed by atoms with E-state index in [9.17, 15) is 4.79 Å². The van der Waals surface area contributed by atoms with E-state index in [1.54, 1.807) is 7.05 Å². The normalized spacial score (nSPS) is 15.5. The zero-order valence-electron chi connectivity index (χ0n) is 14.7. The topological polar surface area (TPSA) is 47.6 Å². The Labute approximate surface area is 131 Å². The Hall–Kier alpha value is -0.610. The van der Waals surface area contributed by atoms with Crippen molar-refractivity contribution in [3.8, 4) is 0 Å². The second-order valence-electron chi connectivity index (χ2n) is 6.02. The zero-order valence-corrected chi connectivity index (χ0v) is 14.7. The standard InChI is InChI=1S/C17H35NO3/c1-6-8-11-15(7-2)14-21-13-10-9-12-17(3,18-4)16(19)20-5/h15,18H,6-14H2,1-5H3. The lowest BCUT2D eigenvalue weighted by molar-refractivity contribution is -0.148. The first-order valence-corrected chi connectivity index (χ1v) is 8.39. The molecule has 0 saturated heterocycles. The SMILES string of the molecule is CCCCC(CC)COCCCCC(C)(NC)C(=O)OC. The summed E-state index contributed by atoms with van der Waals surface area (Å²) in [5.74, 6) is 0.499. The Morgan fingerprint density at radius 2 is 1.95 bits per heavy atom. The molecule has 0 aliphatic rings. The number of unbranched alkanes of at least 4 members (excludes halogenated alkanes) is 2. The van der Waals surface area contributed by atoms with Crippen molar-refractivity contribution < 1.29 is 14.3 Å². The number of methoxy groups -OCH3 is 1. The minimum Gasteiger partial charge on any atom is -0.468 e. The molecule has 0 heterocycles. The van der Waals surface area contributed by atoms with Crippen molar-refractivity contribution in [1.29, 1.82) is 0 Å². The van der Waals surface area contributed by atoms with Crippen molar-refractivity contribution in [2.75, 3.05) is 27.4 Å². The maximum atomic E-state index is 11.7. The van der Waals surface area contributed by atoms with E-state index in [4.69, 9.17) is 9.47 Å². The van der Waals surface area contributed by atoms with Crippen LogP contribution in [0, 0.1) is 5.92 Å². The molecule has 0 spiro atoms. The fourth-order valence-electron chi connectivity index (χ4n) is 2.39. The summed E-state index contributed by atoms with van der Waals surface area (Å²) < 4.78 is 10.6. The minimum atomic E-state index is -0.582. The molecule has 2 atom stereocenters. The highest BCUT2D eigenvalue weighted by molar-refractivity contribution is 5.80. The van der Waals surface area contributed by atoms with Crippen molar-refractivity contribution in [2.24, 2.45) is 5.92 Å². The van der Waals surface area contributed by atoms with Gasteiger partial charge in [0.15, 0.2) is 0 Å². The third-order valence-corrected chi connectivity index (χ3v) is 4.30. The number of carbonyl (C=O) groups excluding carboxylic acids is 1. The molecule has 126 valence electrons. The highest BCUT2D eigenvalue weighted by atomic mass is 16.5. The third kappa shape index (κ3) is 8.42. The lowest BCUT2D eigenvalue weighted by Crippen LogP contribution is -2.48. The Kier molecular flexibility index (Phi) is 11.6. The Morgan fingerprint density at radius 1 is 1.24 bits per heavy atom. The Balaban J connectivity index is 3.77. The molecular weight excluding hydrogens is 266 g/mol. The highest BCUT2D eigenvalue weighted by Crippen LogP contribution is 2.16. The minimum absolute atomic E-state index is 0.198. The van der Waals surface area contributed by atoms with E-state index < -0.39 is 5.54 Å². The zero-order chi connectivity index (χ0) is 16.1. The second-order valence-corrected chi connectivity index (χ2v) is 6.02. The molecule has 1 N–H and O–H groups in total. The number of likely N-dealkylation sites (N-methyl/N-ethyl adjacent to an activating group) is 1. The molecule has 0 aromatic carbocycles. The summed E-state index contributed by atoms with van der Waals surface area (Å²) in [6.45, 7) is 8.00. The molecule has 0 aromatic rings. The second kappa shape index (κ2) is 12.0. The van der Waals surface area contributed by atoms with Gasteiger partial charge in [-0.3, -0.25) is 4.79 Å². The summed E-state index contributed by atoms with van der Waals surface area (Å²) >= 11 is 0. The van der Waals surface area contributed by atoms with Crippen LogP contribution in [-0.2, 0) is 14.3 Å². The summed E-state index contributed by atoms with van der Waals surface area (Å²) in [5, 5.41) is 3.06. The van der Waals surface area contributed by atoms with E-state index in [-0.39, 0.29) is 5.97 Å². The number of carbonyl (C=O) groups is 1. The van der Waals surface area contributed by atoms with E-state index in [0.717, 1.165) is 32.5 Å². The molecule has 0 aliphatic heterocycles. The number of ether oxygens (including phenoxy) is 2. The maximum absolute atomic E-state index is 11.7. The van der Waals surface area contributed by atoms with Crippen LogP contribution in [0.15, 0.2) is 0 Å². The Bertz CT molecular complexity index is 271. The van der Waals surface area contributed by atoms with Crippen LogP contribution >= 0.6 is 0 Å². The van der Waals surface area contributed by atoms with Crippen LogP contribution in [0.4, 0.5) is 0 Å². The average Bonchev–Trinajstić information content (AvgIpc) is 2.52. The lowest BCUT2D eigenvalue weighted by Gasteiger charge is -2.26. The molecule has 4 nitrogen and oxygen atoms in total. The van der Waals surface area contributed by atoms with E-state index in [1.165, 1.54) is 32.8 Å². The molecule has 0 radical (unpaired) electrons. The lowest BCUT2D eigenvalue weighted by atomic mass is 9.95. The summed E-state index contributed by atoms with van der Waals surface area (Å²) in [5.41, 5.74) is -0.582. The number of hydrogen-bond acceptors (Lipinski definition) is 4. The summed E-state index contributed by atoms with van der Waals surface area (Å²) in [7, 11) is 3.23. The van der Waals surface area contributed by atoms with Gasteiger partial charge < -0.3 is 14.8 Å². The molecule has 0 aromatic heterocycles. The van der Waals surface area contributed by atoms with Gasteiger partial charge in [-0.25, -0.2) is 0 Å². The predicted octanol–water partition coefficient (Wildman–Crippen LogP) is 3.54. The van der Waals surface area contributed by atoms with E-state index in [0.29, 0.717) is 5.92 Å². The van der Waals surface area contributed by atoms with Gasteiger partial charge in [0.05, 0.1) is 7.11 Å². The number of nitrogens with one attached hydrogen (secondary N) is 1. The highest BCUT2D eigenvalue weighted by Gasteiger charge is 2.31. The van der Waals surface area contributed by atoms with Gasteiger partial charge in [0.2, 0.25) is 0 Å². The van der Waals surface area contributed by atoms with Gasteiger partial charge >= 0.3 is 5.97 Å². The number of rotatable bonds is 13. The molecule has 4 heteroatoms. The van der Waals surface area contributed by atoms with Crippen molar-refractivity contribution in [3.63, 3.8) is 0 Å². The monoisotopic (exact) mass is 301 g/mol. The first-order valence-electron chi connectivity index (χ1n) is 8.39. The van der Waals surface area contributed by atoms with Crippen molar-refractivity contribution in [3.05, 3.63) is 0 Å². The van der Waals surface area contributed by atoms with Crippen LogP contribution in [-0.4, -0.2) is 38.9 Å². The number of esters is 1.